The third-order valence-electron chi connectivity index (χ3n) is 6.64. The molecule has 3 heteroatoms. The van der Waals surface area contributed by atoms with Crippen molar-refractivity contribution in [2.24, 2.45) is 35.3 Å². The van der Waals surface area contributed by atoms with Crippen molar-refractivity contribution < 1.29 is 4.79 Å². The molecule has 112 valence electrons. The van der Waals surface area contributed by atoms with Crippen molar-refractivity contribution in [3.05, 3.63) is 0 Å². The number of fused-ring (bicyclic) bond motifs is 1. The SMILES string of the molecule is NC1CCC2CN(C(=O)C3CC3C3CCCCC3)CC12. The van der Waals surface area contributed by atoms with Crippen LogP contribution in [0.2, 0.25) is 0 Å². The third kappa shape index (κ3) is 2.18. The Hall–Kier alpha value is -0.570. The van der Waals surface area contributed by atoms with Crippen LogP contribution in [0.5, 0.6) is 0 Å². The standard InChI is InChI=1S/C17H28N2O/c18-16-7-6-12-9-19(10-15(12)16)17(20)14-8-13(14)11-4-2-1-3-5-11/h11-16H,1-10,18H2. The molecule has 1 saturated heterocycles. The predicted molar refractivity (Wildman–Crippen MR) is 78.9 cm³/mol. The maximum absolute atomic E-state index is 12.7. The molecule has 20 heavy (non-hydrogen) atoms. The quantitative estimate of drug-likeness (QED) is 0.842. The summed E-state index contributed by atoms with van der Waals surface area (Å²) in [6.45, 7) is 1.96. The van der Waals surface area contributed by atoms with E-state index in [2.05, 4.69) is 4.90 Å². The summed E-state index contributed by atoms with van der Waals surface area (Å²) in [7, 11) is 0. The van der Waals surface area contributed by atoms with Crippen molar-refractivity contribution >= 4 is 5.91 Å². The topological polar surface area (TPSA) is 46.3 Å². The minimum absolute atomic E-state index is 0.353. The van der Waals surface area contributed by atoms with Crippen molar-refractivity contribution in [2.45, 2.75) is 57.4 Å². The lowest BCUT2D eigenvalue weighted by molar-refractivity contribution is -0.132. The van der Waals surface area contributed by atoms with Gasteiger partial charge in [-0.25, -0.2) is 0 Å². The van der Waals surface area contributed by atoms with Crippen LogP contribution in [0, 0.1) is 29.6 Å². The van der Waals surface area contributed by atoms with Gasteiger partial charge >= 0.3 is 0 Å². The average molecular weight is 276 g/mol. The Bertz CT molecular complexity index is 390. The highest BCUT2D eigenvalue weighted by molar-refractivity contribution is 5.82. The molecule has 1 aliphatic heterocycles. The van der Waals surface area contributed by atoms with E-state index < -0.39 is 0 Å². The van der Waals surface area contributed by atoms with Gasteiger partial charge in [0.1, 0.15) is 0 Å². The second-order valence-electron chi connectivity index (χ2n) is 7.81. The highest BCUT2D eigenvalue weighted by Crippen LogP contribution is 2.51. The second kappa shape index (κ2) is 5.01. The normalized spacial score (nSPS) is 44.6. The number of hydrogen-bond acceptors (Lipinski definition) is 2. The van der Waals surface area contributed by atoms with Gasteiger partial charge in [-0.3, -0.25) is 4.79 Å². The van der Waals surface area contributed by atoms with Crippen LogP contribution in [0.15, 0.2) is 0 Å². The predicted octanol–water partition coefficient (Wildman–Crippen LogP) is 2.40. The van der Waals surface area contributed by atoms with E-state index in [1.165, 1.54) is 51.4 Å². The van der Waals surface area contributed by atoms with Crippen LogP contribution in [0.4, 0.5) is 0 Å². The molecule has 0 radical (unpaired) electrons. The number of likely N-dealkylation sites (tertiary alicyclic amines) is 1. The minimum Gasteiger partial charge on any atom is -0.342 e. The van der Waals surface area contributed by atoms with Crippen molar-refractivity contribution in [1.82, 2.24) is 4.90 Å². The Labute approximate surface area is 122 Å². The Kier molecular flexibility index (Phi) is 3.29. The van der Waals surface area contributed by atoms with E-state index in [1.54, 1.807) is 0 Å². The molecule has 0 aromatic rings. The lowest BCUT2D eigenvalue weighted by atomic mass is 9.85. The maximum atomic E-state index is 12.7. The van der Waals surface area contributed by atoms with Gasteiger partial charge < -0.3 is 10.6 Å². The molecule has 0 aromatic heterocycles. The first kappa shape index (κ1) is 13.1. The van der Waals surface area contributed by atoms with Gasteiger partial charge in [0.05, 0.1) is 0 Å². The summed E-state index contributed by atoms with van der Waals surface area (Å²) >= 11 is 0. The van der Waals surface area contributed by atoms with E-state index in [-0.39, 0.29) is 0 Å². The summed E-state index contributed by atoms with van der Waals surface area (Å²) < 4.78 is 0. The fraction of sp³-hybridized carbons (Fsp3) is 0.941. The molecule has 0 aromatic carbocycles. The molecule has 3 nitrogen and oxygen atoms in total. The third-order valence-corrected chi connectivity index (χ3v) is 6.64. The molecule has 4 aliphatic rings. The van der Waals surface area contributed by atoms with Gasteiger partial charge in [0.2, 0.25) is 5.91 Å². The number of carbonyl (C=O) groups excluding carboxylic acids is 1. The van der Waals surface area contributed by atoms with Gasteiger partial charge in [0.25, 0.3) is 0 Å². The van der Waals surface area contributed by atoms with E-state index in [1.807, 2.05) is 0 Å². The average Bonchev–Trinajstić information content (AvgIpc) is 3.05. The van der Waals surface area contributed by atoms with E-state index >= 15 is 0 Å². The number of nitrogens with two attached hydrogens (primary N) is 1. The highest BCUT2D eigenvalue weighted by Gasteiger charge is 2.51. The number of carbonyl (C=O) groups is 1. The summed E-state index contributed by atoms with van der Waals surface area (Å²) in [4.78, 5) is 14.9. The second-order valence-corrected chi connectivity index (χ2v) is 7.81. The van der Waals surface area contributed by atoms with Crippen LogP contribution >= 0.6 is 0 Å². The molecule has 0 bridgehead atoms. The molecule has 1 amide bonds. The van der Waals surface area contributed by atoms with Crippen LogP contribution in [-0.2, 0) is 4.79 Å². The monoisotopic (exact) mass is 276 g/mol. The zero-order valence-corrected chi connectivity index (χ0v) is 12.5. The Balaban J connectivity index is 1.33. The molecule has 5 unspecified atom stereocenters. The maximum Gasteiger partial charge on any atom is 0.226 e. The van der Waals surface area contributed by atoms with Crippen LogP contribution in [0.3, 0.4) is 0 Å². The molecule has 4 fully saturated rings. The summed E-state index contributed by atoms with van der Waals surface area (Å²) in [5, 5.41) is 0. The van der Waals surface area contributed by atoms with Gasteiger partial charge in [-0.05, 0) is 42.9 Å². The number of hydrogen-bond donors (Lipinski definition) is 1. The zero-order chi connectivity index (χ0) is 13.7. The van der Waals surface area contributed by atoms with E-state index in [9.17, 15) is 4.79 Å². The van der Waals surface area contributed by atoms with Gasteiger partial charge in [0, 0.05) is 25.0 Å². The smallest absolute Gasteiger partial charge is 0.226 e. The molecule has 3 aliphatic carbocycles. The molecule has 1 heterocycles. The Morgan fingerprint density at radius 1 is 0.900 bits per heavy atom. The van der Waals surface area contributed by atoms with E-state index in [4.69, 9.17) is 5.73 Å². The largest absolute Gasteiger partial charge is 0.342 e. The van der Waals surface area contributed by atoms with Crippen molar-refractivity contribution in [3.63, 3.8) is 0 Å². The summed E-state index contributed by atoms with van der Waals surface area (Å²) in [5.74, 6) is 3.76. The van der Waals surface area contributed by atoms with Gasteiger partial charge in [-0.1, -0.05) is 32.1 Å². The van der Waals surface area contributed by atoms with E-state index in [0.717, 1.165) is 24.9 Å². The van der Waals surface area contributed by atoms with Gasteiger partial charge in [-0.2, -0.15) is 0 Å². The van der Waals surface area contributed by atoms with Crippen molar-refractivity contribution in [1.29, 1.82) is 0 Å². The van der Waals surface area contributed by atoms with Gasteiger partial charge in [0.15, 0.2) is 0 Å². The van der Waals surface area contributed by atoms with Crippen LogP contribution in [-0.4, -0.2) is 29.9 Å². The van der Waals surface area contributed by atoms with Crippen molar-refractivity contribution in [2.75, 3.05) is 13.1 Å². The number of amides is 1. The summed E-state index contributed by atoms with van der Waals surface area (Å²) in [6.07, 6.45) is 10.6. The van der Waals surface area contributed by atoms with E-state index in [0.29, 0.717) is 29.7 Å². The molecular weight excluding hydrogens is 248 g/mol. The first-order valence-electron chi connectivity index (χ1n) is 8.78. The minimum atomic E-state index is 0.353. The number of nitrogens with zero attached hydrogens (tertiary/aromatic N) is 1. The lowest BCUT2D eigenvalue weighted by Crippen LogP contribution is -2.34. The highest BCUT2D eigenvalue weighted by atomic mass is 16.2. The molecule has 5 atom stereocenters. The Morgan fingerprint density at radius 2 is 1.70 bits per heavy atom. The van der Waals surface area contributed by atoms with Crippen LogP contribution in [0.25, 0.3) is 0 Å². The molecular formula is C17H28N2O. The lowest BCUT2D eigenvalue weighted by Gasteiger charge is -2.23. The number of rotatable bonds is 2. The zero-order valence-electron chi connectivity index (χ0n) is 12.5. The fourth-order valence-corrected chi connectivity index (χ4v) is 5.30. The Morgan fingerprint density at radius 3 is 2.45 bits per heavy atom. The summed E-state index contributed by atoms with van der Waals surface area (Å²) in [5.41, 5.74) is 6.18. The van der Waals surface area contributed by atoms with Crippen LogP contribution < -0.4 is 5.73 Å². The van der Waals surface area contributed by atoms with Crippen molar-refractivity contribution in [3.8, 4) is 0 Å². The first-order chi connectivity index (χ1) is 9.74. The molecule has 4 rings (SSSR count). The summed E-state index contributed by atoms with van der Waals surface area (Å²) in [6, 6.07) is 0.353. The molecule has 0 spiro atoms. The molecule has 3 saturated carbocycles. The molecule has 2 N–H and O–H groups in total. The van der Waals surface area contributed by atoms with Gasteiger partial charge in [-0.15, -0.1) is 0 Å². The van der Waals surface area contributed by atoms with Crippen LogP contribution in [0.1, 0.15) is 51.4 Å². The first-order valence-corrected chi connectivity index (χ1v) is 8.78. The fourth-order valence-electron chi connectivity index (χ4n) is 5.30.